The third kappa shape index (κ3) is 4.55. The summed E-state index contributed by atoms with van der Waals surface area (Å²) in [7, 11) is 0. The molecule has 0 atom stereocenters. The smallest absolute Gasteiger partial charge is 0.256 e. The molecule has 0 radical (unpaired) electrons. The molecule has 0 unspecified atom stereocenters. The van der Waals surface area contributed by atoms with Crippen LogP contribution in [0.3, 0.4) is 0 Å². The first kappa shape index (κ1) is 29.7. The lowest BCUT2D eigenvalue weighted by molar-refractivity contribution is 0.488. The number of hydrogen-bond acceptors (Lipinski definition) is 4. The number of aromatic nitrogens is 2. The third-order valence-electron chi connectivity index (χ3n) is 10.7. The van der Waals surface area contributed by atoms with E-state index in [1.807, 2.05) is 18.5 Å². The fourth-order valence-electron chi connectivity index (χ4n) is 8.49. The maximum absolute atomic E-state index is 6.92. The molecule has 0 N–H and O–H groups in total. The van der Waals surface area contributed by atoms with Crippen molar-refractivity contribution in [3.8, 4) is 17.2 Å². The molecule has 2 aliphatic heterocycles. The van der Waals surface area contributed by atoms with Crippen LogP contribution >= 0.6 is 0 Å². The molecule has 2 aliphatic rings. The van der Waals surface area contributed by atoms with Crippen molar-refractivity contribution in [3.05, 3.63) is 188 Å². The van der Waals surface area contributed by atoms with Gasteiger partial charge in [0.15, 0.2) is 0 Å². The Hall–Kier alpha value is -7.05. The van der Waals surface area contributed by atoms with E-state index < -0.39 is 0 Å². The monoisotopic (exact) mass is 678 g/mol. The van der Waals surface area contributed by atoms with Crippen molar-refractivity contribution in [2.24, 2.45) is 0 Å². The van der Waals surface area contributed by atoms with Gasteiger partial charge < -0.3 is 19.1 Å². The highest BCUT2D eigenvalue weighted by atomic mass is 16.5. The average molecular weight is 679 g/mol. The van der Waals surface area contributed by atoms with Crippen molar-refractivity contribution in [1.82, 2.24) is 9.55 Å². The van der Waals surface area contributed by atoms with E-state index in [0.717, 1.165) is 67.4 Å². The Labute approximate surface area is 307 Å². The van der Waals surface area contributed by atoms with Gasteiger partial charge in [-0.1, -0.05) is 84.9 Å². The predicted molar refractivity (Wildman–Crippen MR) is 219 cm³/mol. The van der Waals surface area contributed by atoms with Gasteiger partial charge in [-0.25, -0.2) is 0 Å². The van der Waals surface area contributed by atoms with E-state index in [9.17, 15) is 0 Å². The first-order valence-corrected chi connectivity index (χ1v) is 18.0. The van der Waals surface area contributed by atoms with Crippen molar-refractivity contribution in [3.63, 3.8) is 0 Å². The van der Waals surface area contributed by atoms with Gasteiger partial charge in [0.1, 0.15) is 11.5 Å². The second-order valence-electron chi connectivity index (χ2n) is 13.6. The second kappa shape index (κ2) is 11.8. The topological polar surface area (TPSA) is 33.5 Å². The van der Waals surface area contributed by atoms with Crippen molar-refractivity contribution >= 4 is 79.0 Å². The fraction of sp³-hybridized carbons (Fsp3) is 0. The lowest BCUT2D eigenvalue weighted by atomic mass is 9.34. The van der Waals surface area contributed by atoms with Gasteiger partial charge in [0.25, 0.3) is 6.71 Å². The summed E-state index contributed by atoms with van der Waals surface area (Å²) < 4.78 is 9.33. The zero-order chi connectivity index (χ0) is 34.9. The number of nitrogens with zero attached hydrogens (tertiary/aromatic N) is 4. The molecular weight excluding hydrogens is 647 g/mol. The van der Waals surface area contributed by atoms with Crippen LogP contribution < -0.4 is 30.9 Å². The minimum atomic E-state index is 0.00228. The number of anilines is 6. The van der Waals surface area contributed by atoms with Crippen LogP contribution in [-0.2, 0) is 0 Å². The maximum Gasteiger partial charge on any atom is 0.256 e. The number of pyridine rings is 1. The summed E-state index contributed by atoms with van der Waals surface area (Å²) in [5.74, 6) is 1.80. The van der Waals surface area contributed by atoms with E-state index in [4.69, 9.17) is 4.74 Å². The summed E-state index contributed by atoms with van der Waals surface area (Å²) in [6.07, 6.45) is 3.74. The fourth-order valence-corrected chi connectivity index (χ4v) is 8.49. The van der Waals surface area contributed by atoms with Crippen LogP contribution in [-0.4, -0.2) is 16.3 Å². The molecule has 0 aliphatic carbocycles. The average Bonchev–Trinajstić information content (AvgIpc) is 3.54. The van der Waals surface area contributed by atoms with Crippen molar-refractivity contribution in [1.29, 1.82) is 0 Å². The zero-order valence-electron chi connectivity index (χ0n) is 28.7. The Kier molecular flexibility index (Phi) is 6.58. The van der Waals surface area contributed by atoms with Crippen LogP contribution in [0.25, 0.3) is 27.5 Å². The quantitative estimate of drug-likeness (QED) is 0.170. The van der Waals surface area contributed by atoms with E-state index in [-0.39, 0.29) is 6.71 Å². The Balaban J connectivity index is 1.17. The standard InChI is InChI=1S/C47H31BN4O/c1-4-14-32(15-5-1)50(36-20-13-27-49-31-36)35-25-26-37-38-29-46-40(30-44(38)52(43(37)28-35)34-18-8-3-9-19-34)48-39-21-10-11-22-41(39)51(33-16-6-2-7-17-33)42-23-12-24-45(53-46)47(42)48/h1-31H. The highest BCUT2D eigenvalue weighted by Gasteiger charge is 2.42. The van der Waals surface area contributed by atoms with E-state index in [0.29, 0.717) is 0 Å². The minimum Gasteiger partial charge on any atom is -0.458 e. The van der Waals surface area contributed by atoms with Crippen molar-refractivity contribution < 1.29 is 4.74 Å². The van der Waals surface area contributed by atoms with Crippen LogP contribution in [0.2, 0.25) is 0 Å². The van der Waals surface area contributed by atoms with Crippen LogP contribution in [0.15, 0.2) is 188 Å². The molecule has 248 valence electrons. The highest BCUT2D eigenvalue weighted by Crippen LogP contribution is 2.43. The normalized spacial score (nSPS) is 12.6. The first-order chi connectivity index (χ1) is 26.3. The van der Waals surface area contributed by atoms with Crippen LogP contribution in [0.5, 0.6) is 11.5 Å². The van der Waals surface area contributed by atoms with Gasteiger partial charge in [0.05, 0.1) is 22.9 Å². The molecule has 0 amide bonds. The van der Waals surface area contributed by atoms with Gasteiger partial charge in [-0.15, -0.1) is 0 Å². The Bertz CT molecular complexity index is 2780. The van der Waals surface area contributed by atoms with Crippen LogP contribution in [0, 0.1) is 0 Å². The number of hydrogen-bond donors (Lipinski definition) is 0. The highest BCUT2D eigenvalue weighted by molar-refractivity contribution is 6.99. The molecule has 53 heavy (non-hydrogen) atoms. The van der Waals surface area contributed by atoms with Gasteiger partial charge in [-0.3, -0.25) is 4.98 Å². The molecule has 0 fully saturated rings. The van der Waals surface area contributed by atoms with Gasteiger partial charge in [0.2, 0.25) is 0 Å². The maximum atomic E-state index is 6.92. The number of rotatable bonds is 5. The molecule has 11 rings (SSSR count). The SMILES string of the molecule is c1ccc(N(c2cccnc2)c2ccc3c4cc5c(cc4n(-c4ccccc4)c3c2)B2c3ccccc3N(c3ccccc3)c3cccc(c32)O5)cc1. The molecule has 0 spiro atoms. The largest absolute Gasteiger partial charge is 0.458 e. The molecular formula is C47H31BN4O. The third-order valence-corrected chi connectivity index (χ3v) is 10.7. The van der Waals surface area contributed by atoms with Gasteiger partial charge in [-0.2, -0.15) is 0 Å². The lowest BCUT2D eigenvalue weighted by Crippen LogP contribution is -2.59. The van der Waals surface area contributed by atoms with E-state index in [1.165, 1.54) is 22.1 Å². The van der Waals surface area contributed by atoms with Gasteiger partial charge in [0, 0.05) is 51.1 Å². The van der Waals surface area contributed by atoms with Gasteiger partial charge in [-0.05, 0) is 107 Å². The molecule has 0 saturated heterocycles. The van der Waals surface area contributed by atoms with Crippen molar-refractivity contribution in [2.45, 2.75) is 0 Å². The number of fused-ring (bicyclic) bond motifs is 7. The van der Waals surface area contributed by atoms with Gasteiger partial charge >= 0.3 is 0 Å². The lowest BCUT2D eigenvalue weighted by Gasteiger charge is -2.39. The molecule has 9 aromatic rings. The molecule has 7 aromatic carbocycles. The van der Waals surface area contributed by atoms with E-state index >= 15 is 0 Å². The predicted octanol–water partition coefficient (Wildman–Crippen LogP) is 10.1. The molecule has 6 heteroatoms. The Morgan fingerprint density at radius 3 is 1.98 bits per heavy atom. The van der Waals surface area contributed by atoms with E-state index in [2.05, 4.69) is 189 Å². The summed E-state index contributed by atoms with van der Waals surface area (Å²) in [5, 5.41) is 2.31. The first-order valence-electron chi connectivity index (χ1n) is 18.0. The minimum absolute atomic E-state index is 0.00228. The number of para-hydroxylation sites is 4. The Morgan fingerprint density at radius 2 is 1.19 bits per heavy atom. The summed E-state index contributed by atoms with van der Waals surface area (Å²) in [5.41, 5.74) is 13.6. The second-order valence-corrected chi connectivity index (χ2v) is 13.6. The molecule has 0 bridgehead atoms. The number of ether oxygens (including phenoxy) is 1. The van der Waals surface area contributed by atoms with Crippen molar-refractivity contribution in [2.75, 3.05) is 9.80 Å². The zero-order valence-corrected chi connectivity index (χ0v) is 28.7. The number of benzene rings is 7. The molecule has 4 heterocycles. The summed E-state index contributed by atoms with van der Waals surface area (Å²) in [6, 6.07) is 62.6. The summed E-state index contributed by atoms with van der Waals surface area (Å²) in [6.45, 7) is 0.00228. The van der Waals surface area contributed by atoms with Crippen LogP contribution in [0.1, 0.15) is 0 Å². The molecule has 5 nitrogen and oxygen atoms in total. The van der Waals surface area contributed by atoms with Crippen LogP contribution in [0.4, 0.5) is 34.1 Å². The summed E-state index contributed by atoms with van der Waals surface area (Å²) in [4.78, 5) is 9.12. The molecule has 2 aromatic heterocycles. The molecule has 0 saturated carbocycles. The van der Waals surface area contributed by atoms with E-state index in [1.54, 1.807) is 0 Å². The summed E-state index contributed by atoms with van der Waals surface area (Å²) >= 11 is 0. The Morgan fingerprint density at radius 1 is 0.491 bits per heavy atom.